The molecule has 31 heavy (non-hydrogen) atoms. The van der Waals surface area contributed by atoms with Crippen molar-refractivity contribution in [2.45, 2.75) is 33.1 Å². The molecule has 8 nitrogen and oxygen atoms in total. The van der Waals surface area contributed by atoms with E-state index < -0.39 is 18.5 Å². The number of esters is 1. The molecule has 1 N–H and O–H groups in total. The molecule has 160 valence electrons. The largest absolute Gasteiger partial charge is 0.451 e. The lowest BCUT2D eigenvalue weighted by atomic mass is 10.1. The van der Waals surface area contributed by atoms with Crippen LogP contribution < -0.4 is 5.32 Å². The van der Waals surface area contributed by atoms with Gasteiger partial charge in [0, 0.05) is 5.69 Å². The van der Waals surface area contributed by atoms with E-state index >= 15 is 0 Å². The van der Waals surface area contributed by atoms with E-state index in [-0.39, 0.29) is 5.70 Å². The first-order chi connectivity index (χ1) is 15.1. The Morgan fingerprint density at radius 1 is 1.10 bits per heavy atom. The maximum atomic E-state index is 12.7. The first-order valence-electron chi connectivity index (χ1n) is 10.1. The maximum absolute atomic E-state index is 12.7. The Bertz CT molecular complexity index is 1040. The number of aromatic nitrogens is 4. The molecule has 1 amide bonds. The fourth-order valence-electron chi connectivity index (χ4n) is 2.91. The van der Waals surface area contributed by atoms with E-state index in [0.717, 1.165) is 24.8 Å². The van der Waals surface area contributed by atoms with Crippen LogP contribution in [-0.4, -0.2) is 38.7 Å². The highest BCUT2D eigenvalue weighted by Crippen LogP contribution is 2.14. The predicted octanol–water partition coefficient (Wildman–Crippen LogP) is 3.50. The second-order valence-corrected chi connectivity index (χ2v) is 7.00. The van der Waals surface area contributed by atoms with E-state index in [0.29, 0.717) is 11.5 Å². The molecule has 3 rings (SSSR count). The summed E-state index contributed by atoms with van der Waals surface area (Å²) in [4.78, 5) is 25.0. The zero-order valence-electron chi connectivity index (χ0n) is 17.6. The van der Waals surface area contributed by atoms with Crippen molar-refractivity contribution >= 4 is 29.3 Å². The second-order valence-electron chi connectivity index (χ2n) is 7.00. The number of rotatable bonds is 9. The number of carbonyl (C=O) groups excluding carboxylic acids is 2. The zero-order valence-corrected chi connectivity index (χ0v) is 17.6. The first kappa shape index (κ1) is 21.9. The second kappa shape index (κ2) is 10.8. The van der Waals surface area contributed by atoms with Gasteiger partial charge >= 0.3 is 5.97 Å². The van der Waals surface area contributed by atoms with Gasteiger partial charge in [0.15, 0.2) is 18.1 Å². The molecule has 0 aliphatic heterocycles. The van der Waals surface area contributed by atoms with E-state index in [1.54, 1.807) is 13.0 Å². The Kier molecular flexibility index (Phi) is 7.64. The average molecular weight is 419 g/mol. The lowest BCUT2D eigenvalue weighted by Crippen LogP contribution is -2.23. The molecule has 0 aliphatic rings. The Balaban J connectivity index is 1.63. The molecular weight excluding hydrogens is 394 g/mol. The van der Waals surface area contributed by atoms with Crippen LogP contribution in [0.2, 0.25) is 0 Å². The molecular formula is C23H25N5O3. The molecule has 0 spiro atoms. The molecule has 1 aromatic heterocycles. The highest BCUT2D eigenvalue weighted by atomic mass is 16.5. The smallest absolute Gasteiger partial charge is 0.357 e. The van der Waals surface area contributed by atoms with E-state index in [2.05, 4.69) is 27.8 Å². The van der Waals surface area contributed by atoms with E-state index in [9.17, 15) is 9.59 Å². The van der Waals surface area contributed by atoms with Crippen LogP contribution in [0.3, 0.4) is 0 Å². The van der Waals surface area contributed by atoms with Crippen LogP contribution in [0.5, 0.6) is 0 Å². The number of carbonyl (C=O) groups is 2. The summed E-state index contributed by atoms with van der Waals surface area (Å²) in [6, 6.07) is 16.9. The molecule has 0 saturated carbocycles. The van der Waals surface area contributed by atoms with E-state index in [1.807, 2.05) is 54.6 Å². The molecule has 0 bridgehead atoms. The average Bonchev–Trinajstić information content (AvgIpc) is 3.21. The number of hydrogen-bond acceptors (Lipinski definition) is 6. The molecule has 0 atom stereocenters. The van der Waals surface area contributed by atoms with Gasteiger partial charge in [0.05, 0.1) is 0 Å². The van der Waals surface area contributed by atoms with Gasteiger partial charge in [-0.3, -0.25) is 4.79 Å². The van der Waals surface area contributed by atoms with Gasteiger partial charge in [0.2, 0.25) is 0 Å². The van der Waals surface area contributed by atoms with Gasteiger partial charge in [0.1, 0.15) is 0 Å². The number of benzene rings is 2. The van der Waals surface area contributed by atoms with E-state index in [4.69, 9.17) is 4.74 Å². The lowest BCUT2D eigenvalue weighted by Gasteiger charge is -2.10. The maximum Gasteiger partial charge on any atom is 0.357 e. The molecule has 2 aromatic carbocycles. The van der Waals surface area contributed by atoms with Crippen LogP contribution in [0.4, 0.5) is 5.69 Å². The van der Waals surface area contributed by atoms with Crippen LogP contribution >= 0.6 is 0 Å². The number of ether oxygens (including phenoxy) is 1. The molecule has 1 heterocycles. The van der Waals surface area contributed by atoms with Gasteiger partial charge in [-0.05, 0) is 59.5 Å². The number of anilines is 1. The third kappa shape index (κ3) is 6.33. The minimum absolute atomic E-state index is 0.113. The number of hydrogen-bond donors (Lipinski definition) is 1. The van der Waals surface area contributed by atoms with Crippen molar-refractivity contribution < 1.29 is 14.3 Å². The third-order valence-electron chi connectivity index (χ3n) is 4.56. The van der Waals surface area contributed by atoms with Crippen LogP contribution in [0.25, 0.3) is 11.8 Å². The monoisotopic (exact) mass is 419 g/mol. The highest BCUT2D eigenvalue weighted by molar-refractivity contribution is 6.15. The molecule has 0 fully saturated rings. The Morgan fingerprint density at radius 3 is 2.48 bits per heavy atom. The predicted molar refractivity (Wildman–Crippen MR) is 118 cm³/mol. The third-order valence-corrected chi connectivity index (χ3v) is 4.56. The number of aryl methyl sites for hydroxylation is 2. The van der Waals surface area contributed by atoms with Gasteiger partial charge in [0.25, 0.3) is 5.91 Å². The van der Waals surface area contributed by atoms with Crippen LogP contribution in [0, 0.1) is 6.92 Å². The van der Waals surface area contributed by atoms with Crippen LogP contribution in [0.1, 0.15) is 36.7 Å². The summed E-state index contributed by atoms with van der Waals surface area (Å²) in [6.07, 6.45) is 4.88. The Hall–Kier alpha value is -3.81. The molecule has 0 saturated heterocycles. The van der Waals surface area contributed by atoms with Crippen molar-refractivity contribution in [1.82, 2.24) is 20.2 Å². The normalized spacial score (nSPS) is 11.2. The summed E-state index contributed by atoms with van der Waals surface area (Å²) >= 11 is 0. The van der Waals surface area contributed by atoms with Gasteiger partial charge < -0.3 is 10.1 Å². The summed E-state index contributed by atoms with van der Waals surface area (Å²) in [5, 5.41) is 14.0. The molecule has 0 aliphatic carbocycles. The summed E-state index contributed by atoms with van der Waals surface area (Å²) in [6.45, 7) is 3.39. The van der Waals surface area contributed by atoms with Crippen LogP contribution in [-0.2, 0) is 20.7 Å². The van der Waals surface area contributed by atoms with Gasteiger partial charge in [-0.15, -0.1) is 5.10 Å². The van der Waals surface area contributed by atoms with Crippen molar-refractivity contribution in [2.75, 3.05) is 11.9 Å². The number of amides is 1. The Labute approximate surface area is 180 Å². The van der Waals surface area contributed by atoms with Crippen molar-refractivity contribution in [1.29, 1.82) is 0 Å². The minimum Gasteiger partial charge on any atom is -0.451 e. The number of nitrogens with zero attached hydrogens (tertiary/aromatic N) is 4. The Morgan fingerprint density at radius 2 is 1.84 bits per heavy atom. The van der Waals surface area contributed by atoms with Gasteiger partial charge in [-0.2, -0.15) is 4.68 Å². The van der Waals surface area contributed by atoms with E-state index in [1.165, 1.54) is 10.2 Å². The SMILES string of the molecule is CCCCc1ccc(NC(=O)COC(=O)/C(=C/c2ccccc2)n2nnnc2C)cc1. The van der Waals surface area contributed by atoms with Crippen molar-refractivity contribution in [3.63, 3.8) is 0 Å². The number of nitrogens with one attached hydrogen (secondary N) is 1. The minimum atomic E-state index is -0.704. The van der Waals surface area contributed by atoms with Crippen molar-refractivity contribution in [3.8, 4) is 0 Å². The summed E-state index contributed by atoms with van der Waals surface area (Å²) in [7, 11) is 0. The quantitative estimate of drug-likeness (QED) is 0.421. The van der Waals surface area contributed by atoms with Crippen LogP contribution in [0.15, 0.2) is 54.6 Å². The highest BCUT2D eigenvalue weighted by Gasteiger charge is 2.19. The molecule has 0 unspecified atom stereocenters. The number of unbranched alkanes of at least 4 members (excludes halogenated alkanes) is 1. The van der Waals surface area contributed by atoms with Gasteiger partial charge in [-0.25, -0.2) is 4.79 Å². The standard InChI is InChI=1S/C23H25N5O3/c1-3-4-8-18-11-13-20(14-12-18)24-22(29)16-31-23(30)21(28-17(2)25-26-27-28)15-19-9-6-5-7-10-19/h5-7,9-15H,3-4,8,16H2,1-2H3,(H,24,29)/b21-15-. The summed E-state index contributed by atoms with van der Waals surface area (Å²) in [5.74, 6) is -0.710. The number of tetrazole rings is 1. The molecule has 0 radical (unpaired) electrons. The van der Waals surface area contributed by atoms with Crippen molar-refractivity contribution in [2.24, 2.45) is 0 Å². The summed E-state index contributed by atoms with van der Waals surface area (Å²) in [5.41, 5.74) is 2.76. The fourth-order valence-corrected chi connectivity index (χ4v) is 2.91. The zero-order chi connectivity index (χ0) is 22.1. The topological polar surface area (TPSA) is 99.0 Å². The molecule has 3 aromatic rings. The lowest BCUT2D eigenvalue weighted by molar-refractivity contribution is -0.141. The van der Waals surface area contributed by atoms with Gasteiger partial charge in [-0.1, -0.05) is 55.8 Å². The summed E-state index contributed by atoms with van der Waals surface area (Å²) < 4.78 is 6.51. The fraction of sp³-hybridized carbons (Fsp3) is 0.261. The molecule has 8 heteroatoms. The van der Waals surface area contributed by atoms with Crippen molar-refractivity contribution in [3.05, 3.63) is 71.5 Å². The first-order valence-corrected chi connectivity index (χ1v) is 10.1.